The van der Waals surface area contributed by atoms with Crippen LogP contribution in [0.2, 0.25) is 0 Å². The highest BCUT2D eigenvalue weighted by atomic mass is 16.6. The highest BCUT2D eigenvalue weighted by molar-refractivity contribution is 6.07. The van der Waals surface area contributed by atoms with E-state index >= 15 is 0 Å². The number of hydrogen-bond acceptors (Lipinski definition) is 5. The van der Waals surface area contributed by atoms with Crippen LogP contribution >= 0.6 is 0 Å². The molecule has 0 atom stereocenters. The Labute approximate surface area is 157 Å². The molecule has 26 heavy (non-hydrogen) atoms. The second-order valence-corrected chi connectivity index (χ2v) is 7.37. The number of piperidine rings is 1. The molecule has 0 N–H and O–H groups in total. The van der Waals surface area contributed by atoms with E-state index in [0.29, 0.717) is 6.10 Å². The molecule has 144 valence electrons. The molecule has 0 aromatic heterocycles. The van der Waals surface area contributed by atoms with Crippen LogP contribution in [0.5, 0.6) is 5.75 Å². The van der Waals surface area contributed by atoms with Crippen LogP contribution in [0.25, 0.3) is 0 Å². The summed E-state index contributed by atoms with van der Waals surface area (Å²) in [4.78, 5) is 7.97. The molecule has 0 amide bonds. The van der Waals surface area contributed by atoms with Crippen LogP contribution in [0.1, 0.15) is 50.5 Å². The van der Waals surface area contributed by atoms with Crippen molar-refractivity contribution in [1.82, 2.24) is 4.90 Å². The topological polar surface area (TPSA) is 43.3 Å². The lowest BCUT2D eigenvalue weighted by molar-refractivity contribution is 0.00464. The Hall–Kier alpha value is -1.59. The number of nitrogens with zero attached hydrogens (tertiary/aromatic N) is 2. The number of benzene rings is 1. The summed E-state index contributed by atoms with van der Waals surface area (Å²) in [6.07, 6.45) is 8.61. The van der Waals surface area contributed by atoms with Crippen LogP contribution in [0, 0.1) is 0 Å². The fourth-order valence-corrected chi connectivity index (χ4v) is 4.61. The van der Waals surface area contributed by atoms with Gasteiger partial charge in [0.05, 0.1) is 18.8 Å². The lowest BCUT2D eigenvalue weighted by atomic mass is 9.74. The SMILES string of the molecule is CON=C(c1ccc(OC)cc1)C1(N2CCC(OC)CC2)CCCCC1. The van der Waals surface area contributed by atoms with E-state index in [2.05, 4.69) is 22.2 Å². The molecular weight excluding hydrogens is 328 g/mol. The molecular formula is C21H32N2O3. The van der Waals surface area contributed by atoms with Gasteiger partial charge in [0.15, 0.2) is 0 Å². The molecule has 0 bridgehead atoms. The molecule has 1 heterocycles. The van der Waals surface area contributed by atoms with Gasteiger partial charge in [-0.3, -0.25) is 4.90 Å². The zero-order valence-corrected chi connectivity index (χ0v) is 16.4. The normalized spacial score (nSPS) is 22.2. The van der Waals surface area contributed by atoms with E-state index in [-0.39, 0.29) is 5.54 Å². The number of hydrogen-bond donors (Lipinski definition) is 0. The zero-order valence-electron chi connectivity index (χ0n) is 16.4. The summed E-state index contributed by atoms with van der Waals surface area (Å²) in [5.74, 6) is 0.865. The third-order valence-corrected chi connectivity index (χ3v) is 6.05. The van der Waals surface area contributed by atoms with Crippen LogP contribution in [0.3, 0.4) is 0 Å². The number of likely N-dealkylation sites (tertiary alicyclic amines) is 1. The van der Waals surface area contributed by atoms with E-state index in [1.807, 2.05) is 19.2 Å². The fourth-order valence-electron chi connectivity index (χ4n) is 4.61. The van der Waals surface area contributed by atoms with Gasteiger partial charge in [0.25, 0.3) is 0 Å². The number of rotatable bonds is 6. The lowest BCUT2D eigenvalue weighted by Gasteiger charge is -2.49. The maximum absolute atomic E-state index is 5.58. The summed E-state index contributed by atoms with van der Waals surface area (Å²) in [5, 5.41) is 4.56. The summed E-state index contributed by atoms with van der Waals surface area (Å²) in [6, 6.07) is 8.23. The van der Waals surface area contributed by atoms with Gasteiger partial charge in [-0.2, -0.15) is 0 Å². The first-order valence-electron chi connectivity index (χ1n) is 9.77. The minimum absolute atomic E-state index is 0.0401. The summed E-state index contributed by atoms with van der Waals surface area (Å²) in [5.41, 5.74) is 2.16. The van der Waals surface area contributed by atoms with Crippen molar-refractivity contribution in [1.29, 1.82) is 0 Å². The molecule has 5 nitrogen and oxygen atoms in total. The van der Waals surface area contributed by atoms with E-state index in [0.717, 1.165) is 55.8 Å². The van der Waals surface area contributed by atoms with Crippen molar-refractivity contribution in [3.8, 4) is 5.75 Å². The maximum Gasteiger partial charge on any atom is 0.118 e. The Balaban J connectivity index is 1.94. The van der Waals surface area contributed by atoms with Crippen LogP contribution in [-0.2, 0) is 9.57 Å². The third kappa shape index (κ3) is 3.89. The Morgan fingerprint density at radius 1 is 1.00 bits per heavy atom. The quantitative estimate of drug-likeness (QED) is 0.571. The summed E-state index contributed by atoms with van der Waals surface area (Å²) >= 11 is 0. The van der Waals surface area contributed by atoms with Crippen LogP contribution in [0.4, 0.5) is 0 Å². The molecule has 2 fully saturated rings. The smallest absolute Gasteiger partial charge is 0.118 e. The first-order chi connectivity index (χ1) is 12.7. The van der Waals surface area contributed by atoms with Gasteiger partial charge in [-0.05, 0) is 49.9 Å². The van der Waals surface area contributed by atoms with Gasteiger partial charge in [0, 0.05) is 25.8 Å². The lowest BCUT2D eigenvalue weighted by Crippen LogP contribution is -2.58. The monoisotopic (exact) mass is 360 g/mol. The number of ether oxygens (including phenoxy) is 2. The second kappa shape index (κ2) is 8.87. The molecule has 2 aliphatic rings. The predicted octanol–water partition coefficient (Wildman–Crippen LogP) is 3.86. The molecule has 1 saturated heterocycles. The molecule has 0 radical (unpaired) electrons. The van der Waals surface area contributed by atoms with Gasteiger partial charge >= 0.3 is 0 Å². The minimum atomic E-state index is -0.0401. The van der Waals surface area contributed by atoms with Gasteiger partial charge in [-0.15, -0.1) is 0 Å². The fraction of sp³-hybridized carbons (Fsp3) is 0.667. The van der Waals surface area contributed by atoms with Gasteiger partial charge in [-0.1, -0.05) is 24.4 Å². The second-order valence-electron chi connectivity index (χ2n) is 7.37. The molecule has 5 heteroatoms. The van der Waals surface area contributed by atoms with Gasteiger partial charge < -0.3 is 14.3 Å². The van der Waals surface area contributed by atoms with Crippen molar-refractivity contribution >= 4 is 5.71 Å². The van der Waals surface area contributed by atoms with Gasteiger partial charge in [0.1, 0.15) is 18.6 Å². The summed E-state index contributed by atoms with van der Waals surface area (Å²) in [6.45, 7) is 2.11. The van der Waals surface area contributed by atoms with Crippen LogP contribution in [-0.4, -0.2) is 56.7 Å². The highest BCUT2D eigenvalue weighted by Crippen LogP contribution is 2.39. The zero-order chi connectivity index (χ0) is 18.4. The summed E-state index contributed by atoms with van der Waals surface area (Å²) < 4.78 is 10.9. The van der Waals surface area contributed by atoms with E-state index < -0.39 is 0 Å². The standard InChI is InChI=1S/C21H32N2O3/c1-24-18-9-7-17(8-10-18)20(22-26-3)21(13-5-4-6-14-21)23-15-11-19(25-2)12-16-23/h7-10,19H,4-6,11-16H2,1-3H3. The molecule has 1 aliphatic carbocycles. The van der Waals surface area contributed by atoms with Gasteiger partial charge in [-0.25, -0.2) is 0 Å². The van der Waals surface area contributed by atoms with E-state index in [9.17, 15) is 0 Å². The number of oxime groups is 1. The van der Waals surface area contributed by atoms with Crippen molar-refractivity contribution in [3.05, 3.63) is 29.8 Å². The molecule has 1 aromatic carbocycles. The first kappa shape index (κ1) is 19.2. The Morgan fingerprint density at radius 2 is 1.65 bits per heavy atom. The maximum atomic E-state index is 5.58. The molecule has 0 unspecified atom stereocenters. The minimum Gasteiger partial charge on any atom is -0.497 e. The molecule has 1 aliphatic heterocycles. The molecule has 0 spiro atoms. The summed E-state index contributed by atoms with van der Waals surface area (Å²) in [7, 11) is 5.17. The number of methoxy groups -OCH3 is 2. The van der Waals surface area contributed by atoms with Crippen molar-refractivity contribution in [2.45, 2.75) is 56.6 Å². The largest absolute Gasteiger partial charge is 0.497 e. The van der Waals surface area contributed by atoms with Crippen LogP contribution < -0.4 is 4.74 Å². The van der Waals surface area contributed by atoms with E-state index in [1.54, 1.807) is 14.2 Å². The average molecular weight is 360 g/mol. The Morgan fingerprint density at radius 3 is 2.19 bits per heavy atom. The Bertz CT molecular complexity index is 586. The van der Waals surface area contributed by atoms with Crippen molar-refractivity contribution in [2.24, 2.45) is 5.16 Å². The van der Waals surface area contributed by atoms with Crippen molar-refractivity contribution < 1.29 is 14.3 Å². The van der Waals surface area contributed by atoms with Gasteiger partial charge in [0.2, 0.25) is 0 Å². The predicted molar refractivity (Wildman–Crippen MR) is 104 cm³/mol. The van der Waals surface area contributed by atoms with Crippen molar-refractivity contribution in [2.75, 3.05) is 34.4 Å². The Kier molecular flexibility index (Phi) is 6.54. The first-order valence-corrected chi connectivity index (χ1v) is 9.77. The third-order valence-electron chi connectivity index (χ3n) is 6.05. The van der Waals surface area contributed by atoms with E-state index in [4.69, 9.17) is 14.3 Å². The van der Waals surface area contributed by atoms with Crippen LogP contribution in [0.15, 0.2) is 29.4 Å². The van der Waals surface area contributed by atoms with E-state index in [1.165, 1.54) is 19.3 Å². The molecule has 1 aromatic rings. The molecule has 1 saturated carbocycles. The van der Waals surface area contributed by atoms with Crippen molar-refractivity contribution in [3.63, 3.8) is 0 Å². The average Bonchev–Trinajstić information content (AvgIpc) is 2.72. The highest BCUT2D eigenvalue weighted by Gasteiger charge is 2.44. The molecule has 3 rings (SSSR count).